The number of ether oxygens (including phenoxy) is 3. The van der Waals surface area contributed by atoms with Gasteiger partial charge in [-0.1, -0.05) is 11.6 Å². The van der Waals surface area contributed by atoms with Crippen LogP contribution in [0.3, 0.4) is 0 Å². The minimum Gasteiger partial charge on any atom is -0.493 e. The van der Waals surface area contributed by atoms with Gasteiger partial charge in [-0.3, -0.25) is 0 Å². The monoisotopic (exact) mass is 328 g/mol. The molecule has 7 heteroatoms. The van der Waals surface area contributed by atoms with E-state index >= 15 is 0 Å². The first-order valence-corrected chi connectivity index (χ1v) is 7.34. The van der Waals surface area contributed by atoms with E-state index in [1.165, 1.54) is 0 Å². The molecular weight excluding hydrogens is 315 g/mol. The fourth-order valence-corrected chi connectivity index (χ4v) is 2.75. The number of hydrogen-bond donors (Lipinski definition) is 0. The standard InChI is InChI=1S/C14H14Cl2N2O3/c1-19-9-6-8-10(13(15)18-14(16)17-8)12(11(9)20-2)21-7-4-3-5-7/h6-7H,3-5H2,1-2H3. The smallest absolute Gasteiger partial charge is 0.224 e. The van der Waals surface area contributed by atoms with E-state index in [-0.39, 0.29) is 16.5 Å². The molecule has 1 aromatic heterocycles. The van der Waals surface area contributed by atoms with Crippen LogP contribution in [0.15, 0.2) is 6.07 Å². The molecule has 0 bridgehead atoms. The van der Waals surface area contributed by atoms with Crippen molar-refractivity contribution in [3.63, 3.8) is 0 Å². The van der Waals surface area contributed by atoms with Gasteiger partial charge in [0.05, 0.1) is 31.2 Å². The predicted molar refractivity (Wildman–Crippen MR) is 80.9 cm³/mol. The summed E-state index contributed by atoms with van der Waals surface area (Å²) in [5.41, 5.74) is 0.562. The molecule has 5 nitrogen and oxygen atoms in total. The van der Waals surface area contributed by atoms with Gasteiger partial charge in [0.2, 0.25) is 11.0 Å². The quantitative estimate of drug-likeness (QED) is 0.629. The molecule has 0 radical (unpaired) electrons. The van der Waals surface area contributed by atoms with Gasteiger partial charge in [0.25, 0.3) is 0 Å². The average molecular weight is 329 g/mol. The fraction of sp³-hybridized carbons (Fsp3) is 0.429. The van der Waals surface area contributed by atoms with Crippen LogP contribution in [0.5, 0.6) is 17.2 Å². The third-order valence-corrected chi connectivity index (χ3v) is 3.99. The fourth-order valence-electron chi connectivity index (χ4n) is 2.27. The lowest BCUT2D eigenvalue weighted by Gasteiger charge is -2.28. The lowest BCUT2D eigenvalue weighted by molar-refractivity contribution is 0.117. The maximum absolute atomic E-state index is 6.22. The van der Waals surface area contributed by atoms with Gasteiger partial charge in [-0.25, -0.2) is 9.97 Å². The molecule has 0 aliphatic heterocycles. The number of benzene rings is 1. The number of aromatic nitrogens is 2. The number of halogens is 2. The summed E-state index contributed by atoms with van der Waals surface area (Å²) in [5.74, 6) is 1.52. The second-order valence-corrected chi connectivity index (χ2v) is 5.49. The van der Waals surface area contributed by atoms with E-state index in [4.69, 9.17) is 37.4 Å². The maximum Gasteiger partial charge on any atom is 0.224 e. The van der Waals surface area contributed by atoms with Gasteiger partial charge in [0.1, 0.15) is 5.15 Å². The van der Waals surface area contributed by atoms with E-state index < -0.39 is 0 Å². The number of fused-ring (bicyclic) bond motifs is 1. The summed E-state index contributed by atoms with van der Waals surface area (Å²) in [6, 6.07) is 1.71. The molecule has 0 spiro atoms. The molecule has 3 rings (SSSR count). The first kappa shape index (κ1) is 14.5. The van der Waals surface area contributed by atoms with Crippen LogP contribution < -0.4 is 14.2 Å². The molecule has 2 aromatic rings. The number of hydrogen-bond acceptors (Lipinski definition) is 5. The summed E-state index contributed by atoms with van der Waals surface area (Å²) in [4.78, 5) is 8.17. The minimum absolute atomic E-state index is 0.0781. The van der Waals surface area contributed by atoms with Crippen molar-refractivity contribution in [2.24, 2.45) is 0 Å². The zero-order valence-corrected chi connectivity index (χ0v) is 13.2. The number of methoxy groups -OCH3 is 2. The molecule has 1 aromatic carbocycles. The largest absolute Gasteiger partial charge is 0.493 e. The highest BCUT2D eigenvalue weighted by Crippen LogP contribution is 2.46. The molecule has 0 N–H and O–H groups in total. The van der Waals surface area contributed by atoms with Crippen molar-refractivity contribution < 1.29 is 14.2 Å². The number of nitrogens with zero attached hydrogens (tertiary/aromatic N) is 2. The Bertz CT molecular complexity index is 690. The molecule has 21 heavy (non-hydrogen) atoms. The zero-order valence-electron chi connectivity index (χ0n) is 11.7. The minimum atomic E-state index is 0.0781. The molecule has 1 aliphatic carbocycles. The SMILES string of the molecule is COc1cc2nc(Cl)nc(Cl)c2c(OC2CCC2)c1OC. The average Bonchev–Trinajstić information content (AvgIpc) is 2.40. The van der Waals surface area contributed by atoms with Crippen molar-refractivity contribution >= 4 is 34.1 Å². The Labute approximate surface area is 132 Å². The van der Waals surface area contributed by atoms with E-state index in [1.54, 1.807) is 20.3 Å². The van der Waals surface area contributed by atoms with Crippen molar-refractivity contribution in [2.45, 2.75) is 25.4 Å². The highest BCUT2D eigenvalue weighted by molar-refractivity contribution is 6.36. The molecule has 0 atom stereocenters. The van der Waals surface area contributed by atoms with Gasteiger partial charge in [0, 0.05) is 6.07 Å². The topological polar surface area (TPSA) is 53.5 Å². The van der Waals surface area contributed by atoms with Crippen LogP contribution >= 0.6 is 23.2 Å². The lowest BCUT2D eigenvalue weighted by Crippen LogP contribution is -2.25. The van der Waals surface area contributed by atoms with E-state index in [1.807, 2.05) is 0 Å². The molecule has 1 fully saturated rings. The second-order valence-electron chi connectivity index (χ2n) is 4.79. The Kier molecular flexibility index (Phi) is 3.95. The van der Waals surface area contributed by atoms with Gasteiger partial charge < -0.3 is 14.2 Å². The van der Waals surface area contributed by atoms with Gasteiger partial charge in [0.15, 0.2) is 11.5 Å². The van der Waals surface area contributed by atoms with E-state index in [0.29, 0.717) is 28.2 Å². The van der Waals surface area contributed by atoms with Crippen molar-refractivity contribution in [1.82, 2.24) is 9.97 Å². The molecule has 1 aliphatic rings. The Balaban J connectivity index is 2.26. The summed E-state index contributed by atoms with van der Waals surface area (Å²) in [7, 11) is 3.11. The Hall–Kier alpha value is -1.46. The molecule has 0 saturated heterocycles. The second kappa shape index (κ2) is 5.73. The third kappa shape index (κ3) is 2.56. The maximum atomic E-state index is 6.22. The first-order chi connectivity index (χ1) is 10.1. The molecule has 0 unspecified atom stereocenters. The molecule has 112 valence electrons. The van der Waals surface area contributed by atoms with Crippen molar-refractivity contribution in [1.29, 1.82) is 0 Å². The van der Waals surface area contributed by atoms with E-state index in [2.05, 4.69) is 9.97 Å². The highest BCUT2D eigenvalue weighted by atomic mass is 35.5. The lowest BCUT2D eigenvalue weighted by atomic mass is 9.96. The van der Waals surface area contributed by atoms with E-state index in [9.17, 15) is 0 Å². The summed E-state index contributed by atoms with van der Waals surface area (Å²) < 4.78 is 16.8. The van der Waals surface area contributed by atoms with Crippen LogP contribution in [0.4, 0.5) is 0 Å². The van der Waals surface area contributed by atoms with Gasteiger partial charge >= 0.3 is 0 Å². The Morgan fingerprint density at radius 1 is 1.10 bits per heavy atom. The highest BCUT2D eigenvalue weighted by Gasteiger charge is 2.26. The summed E-state index contributed by atoms with van der Waals surface area (Å²) in [6.45, 7) is 0. The predicted octanol–water partition coefficient (Wildman–Crippen LogP) is 3.89. The normalized spacial score (nSPS) is 14.9. The molecule has 1 saturated carbocycles. The summed E-state index contributed by atoms with van der Waals surface area (Å²) in [5, 5.41) is 0.903. The summed E-state index contributed by atoms with van der Waals surface area (Å²) in [6.07, 6.45) is 3.33. The van der Waals surface area contributed by atoms with Crippen molar-refractivity contribution in [2.75, 3.05) is 14.2 Å². The van der Waals surface area contributed by atoms with Crippen LogP contribution in [0.2, 0.25) is 10.4 Å². The van der Waals surface area contributed by atoms with Crippen molar-refractivity contribution in [3.05, 3.63) is 16.5 Å². The molecular formula is C14H14Cl2N2O3. The zero-order chi connectivity index (χ0) is 15.0. The van der Waals surface area contributed by atoms with Gasteiger partial charge in [-0.15, -0.1) is 0 Å². The van der Waals surface area contributed by atoms with Crippen LogP contribution in [-0.2, 0) is 0 Å². The number of rotatable bonds is 4. The van der Waals surface area contributed by atoms with Crippen LogP contribution in [0.25, 0.3) is 10.9 Å². The van der Waals surface area contributed by atoms with E-state index in [0.717, 1.165) is 19.3 Å². The first-order valence-electron chi connectivity index (χ1n) is 6.58. The Morgan fingerprint density at radius 3 is 2.43 bits per heavy atom. The van der Waals surface area contributed by atoms with Crippen LogP contribution in [0.1, 0.15) is 19.3 Å². The Morgan fingerprint density at radius 2 is 1.86 bits per heavy atom. The van der Waals surface area contributed by atoms with Crippen LogP contribution in [-0.4, -0.2) is 30.3 Å². The molecule has 1 heterocycles. The van der Waals surface area contributed by atoms with Crippen molar-refractivity contribution in [3.8, 4) is 17.2 Å². The van der Waals surface area contributed by atoms with Gasteiger partial charge in [-0.2, -0.15) is 0 Å². The van der Waals surface area contributed by atoms with Gasteiger partial charge in [-0.05, 0) is 30.9 Å². The molecule has 0 amide bonds. The third-order valence-electron chi connectivity index (χ3n) is 3.55. The summed E-state index contributed by atoms with van der Waals surface area (Å²) >= 11 is 12.1. The van der Waals surface area contributed by atoms with Crippen LogP contribution in [0, 0.1) is 0 Å².